The van der Waals surface area contributed by atoms with Gasteiger partial charge in [0.15, 0.2) is 0 Å². The molecule has 0 aliphatic carbocycles. The highest BCUT2D eigenvalue weighted by molar-refractivity contribution is 7.92. The molecule has 0 heterocycles. The van der Waals surface area contributed by atoms with E-state index in [0.717, 1.165) is 28.7 Å². The predicted octanol–water partition coefficient (Wildman–Crippen LogP) is 5.53. The van der Waals surface area contributed by atoms with Crippen LogP contribution in [0, 0.1) is 20.8 Å². The number of sulfonamides is 1. The highest BCUT2D eigenvalue weighted by Crippen LogP contribution is 2.28. The minimum Gasteiger partial charge on any atom is -0.352 e. The maximum Gasteiger partial charge on any atom is 0.264 e. The average Bonchev–Trinajstić information content (AvgIpc) is 2.93. The Morgan fingerprint density at radius 1 is 0.850 bits per heavy atom. The number of hydrogen-bond donors (Lipinski definition) is 1. The number of amides is 2. The molecule has 2 atom stereocenters. The Morgan fingerprint density at radius 3 is 2.05 bits per heavy atom. The van der Waals surface area contributed by atoms with Gasteiger partial charge in [-0.2, -0.15) is 0 Å². The molecule has 40 heavy (non-hydrogen) atoms. The highest BCUT2D eigenvalue weighted by atomic mass is 32.2. The van der Waals surface area contributed by atoms with Crippen LogP contribution in [-0.4, -0.2) is 43.8 Å². The van der Waals surface area contributed by atoms with E-state index >= 15 is 0 Å². The molecule has 0 aliphatic heterocycles. The van der Waals surface area contributed by atoms with Crippen molar-refractivity contribution in [2.24, 2.45) is 0 Å². The molecule has 3 rings (SSSR count). The Kier molecular flexibility index (Phi) is 10.5. The SMILES string of the molecule is CC[C@H](C)NC(=O)[C@H](CC)N(Cc1ccc(C)cc1)C(=O)CN(c1ccc(C)cc1C)S(=O)(=O)c1ccccc1. The summed E-state index contributed by atoms with van der Waals surface area (Å²) >= 11 is 0. The van der Waals surface area contributed by atoms with E-state index in [1.807, 2.05) is 77.9 Å². The first-order valence-corrected chi connectivity index (χ1v) is 15.2. The summed E-state index contributed by atoms with van der Waals surface area (Å²) < 4.78 is 29.1. The van der Waals surface area contributed by atoms with Crippen LogP contribution in [0.25, 0.3) is 0 Å². The summed E-state index contributed by atoms with van der Waals surface area (Å²) in [5, 5.41) is 3.00. The van der Waals surface area contributed by atoms with E-state index in [9.17, 15) is 18.0 Å². The minimum absolute atomic E-state index is 0.0527. The number of carbonyl (C=O) groups excluding carboxylic acids is 2. The topological polar surface area (TPSA) is 86.8 Å². The van der Waals surface area contributed by atoms with Gasteiger partial charge in [-0.05, 0) is 69.9 Å². The largest absolute Gasteiger partial charge is 0.352 e. The molecular formula is C32H41N3O4S. The molecule has 2 amide bonds. The van der Waals surface area contributed by atoms with Gasteiger partial charge in [-0.3, -0.25) is 13.9 Å². The van der Waals surface area contributed by atoms with E-state index in [1.165, 1.54) is 21.3 Å². The molecule has 3 aromatic carbocycles. The molecule has 214 valence electrons. The van der Waals surface area contributed by atoms with E-state index < -0.39 is 28.5 Å². The molecule has 0 unspecified atom stereocenters. The zero-order valence-corrected chi connectivity index (χ0v) is 25.2. The number of benzene rings is 3. The second kappa shape index (κ2) is 13.6. The number of anilines is 1. The second-order valence-electron chi connectivity index (χ2n) is 10.4. The predicted molar refractivity (Wildman–Crippen MR) is 161 cm³/mol. The fourth-order valence-corrected chi connectivity index (χ4v) is 6.07. The number of rotatable bonds is 12. The normalized spacial score (nSPS) is 12.8. The lowest BCUT2D eigenvalue weighted by atomic mass is 10.1. The maximum absolute atomic E-state index is 14.2. The van der Waals surface area contributed by atoms with E-state index in [1.54, 1.807) is 24.3 Å². The Labute approximate surface area is 239 Å². The van der Waals surface area contributed by atoms with Crippen molar-refractivity contribution in [3.63, 3.8) is 0 Å². The first-order chi connectivity index (χ1) is 19.0. The Hall–Kier alpha value is -3.65. The van der Waals surface area contributed by atoms with Gasteiger partial charge >= 0.3 is 0 Å². The third-order valence-electron chi connectivity index (χ3n) is 7.09. The van der Waals surface area contributed by atoms with Gasteiger partial charge in [0, 0.05) is 12.6 Å². The van der Waals surface area contributed by atoms with Crippen LogP contribution < -0.4 is 9.62 Å². The van der Waals surface area contributed by atoms with Crippen molar-refractivity contribution in [1.82, 2.24) is 10.2 Å². The molecule has 0 aliphatic rings. The molecule has 0 fully saturated rings. The zero-order chi connectivity index (χ0) is 29.4. The highest BCUT2D eigenvalue weighted by Gasteiger charge is 2.34. The Balaban J connectivity index is 2.07. The maximum atomic E-state index is 14.2. The van der Waals surface area contributed by atoms with Crippen LogP contribution >= 0.6 is 0 Å². The molecule has 8 heteroatoms. The van der Waals surface area contributed by atoms with Crippen LogP contribution in [0.2, 0.25) is 0 Å². The number of nitrogens with one attached hydrogen (secondary N) is 1. The van der Waals surface area contributed by atoms with Crippen molar-refractivity contribution < 1.29 is 18.0 Å². The molecule has 0 spiro atoms. The average molecular weight is 564 g/mol. The number of nitrogens with zero attached hydrogens (tertiary/aromatic N) is 2. The zero-order valence-electron chi connectivity index (χ0n) is 24.3. The lowest BCUT2D eigenvalue weighted by Gasteiger charge is -2.34. The fourth-order valence-electron chi connectivity index (χ4n) is 4.57. The molecular weight excluding hydrogens is 522 g/mol. The molecule has 0 radical (unpaired) electrons. The summed E-state index contributed by atoms with van der Waals surface area (Å²) in [6.07, 6.45) is 1.14. The first kappa shape index (κ1) is 30.9. The van der Waals surface area contributed by atoms with Gasteiger partial charge in [-0.1, -0.05) is 79.6 Å². The van der Waals surface area contributed by atoms with Crippen molar-refractivity contribution in [1.29, 1.82) is 0 Å². The van der Waals surface area contributed by atoms with Crippen molar-refractivity contribution in [2.45, 2.75) is 77.9 Å². The van der Waals surface area contributed by atoms with E-state index in [2.05, 4.69) is 5.32 Å². The first-order valence-electron chi connectivity index (χ1n) is 13.8. The summed E-state index contributed by atoms with van der Waals surface area (Å²) in [6, 6.07) is 20.5. The summed E-state index contributed by atoms with van der Waals surface area (Å²) in [6.45, 7) is 11.2. The summed E-state index contributed by atoms with van der Waals surface area (Å²) in [7, 11) is -4.09. The van der Waals surface area contributed by atoms with Gasteiger partial charge in [-0.15, -0.1) is 0 Å². The summed E-state index contributed by atoms with van der Waals surface area (Å²) in [5.74, 6) is -0.701. The Morgan fingerprint density at radius 2 is 1.48 bits per heavy atom. The van der Waals surface area contributed by atoms with Crippen LogP contribution in [0.4, 0.5) is 5.69 Å². The second-order valence-corrected chi connectivity index (χ2v) is 12.2. The van der Waals surface area contributed by atoms with Gasteiger partial charge in [0.05, 0.1) is 10.6 Å². The summed E-state index contributed by atoms with van der Waals surface area (Å²) in [5.41, 5.74) is 4.09. The van der Waals surface area contributed by atoms with Crippen molar-refractivity contribution in [3.05, 3.63) is 95.1 Å². The van der Waals surface area contributed by atoms with E-state index in [4.69, 9.17) is 0 Å². The quantitative estimate of drug-likeness (QED) is 0.314. The van der Waals surface area contributed by atoms with Gasteiger partial charge in [-0.25, -0.2) is 8.42 Å². The lowest BCUT2D eigenvalue weighted by molar-refractivity contribution is -0.140. The summed E-state index contributed by atoms with van der Waals surface area (Å²) in [4.78, 5) is 29.1. The van der Waals surface area contributed by atoms with Gasteiger partial charge in [0.25, 0.3) is 10.0 Å². The molecule has 1 N–H and O–H groups in total. The van der Waals surface area contributed by atoms with Crippen LogP contribution in [0.5, 0.6) is 0 Å². The van der Waals surface area contributed by atoms with Gasteiger partial charge in [0.1, 0.15) is 12.6 Å². The van der Waals surface area contributed by atoms with Crippen LogP contribution in [0.15, 0.2) is 77.7 Å². The number of carbonyl (C=O) groups is 2. The third-order valence-corrected chi connectivity index (χ3v) is 8.87. The van der Waals surface area contributed by atoms with Gasteiger partial charge in [0.2, 0.25) is 11.8 Å². The number of hydrogen-bond acceptors (Lipinski definition) is 4. The van der Waals surface area contributed by atoms with Crippen molar-refractivity contribution in [2.75, 3.05) is 10.8 Å². The monoisotopic (exact) mass is 563 g/mol. The molecule has 0 saturated heterocycles. The van der Waals surface area contributed by atoms with Gasteiger partial charge < -0.3 is 10.2 Å². The van der Waals surface area contributed by atoms with E-state index in [0.29, 0.717) is 12.1 Å². The minimum atomic E-state index is -4.09. The van der Waals surface area contributed by atoms with Crippen molar-refractivity contribution >= 4 is 27.5 Å². The lowest BCUT2D eigenvalue weighted by Crippen LogP contribution is -2.53. The standard InChI is InChI=1S/C32H41N3O4S/c1-7-26(6)33-32(37)29(8-2)34(21-27-17-14-23(3)15-18-27)31(36)22-35(30-19-16-24(4)20-25(30)5)40(38,39)28-12-10-9-11-13-28/h9-20,26,29H,7-8,21-22H2,1-6H3,(H,33,37)/t26-,29-/m0/s1. The molecule has 7 nitrogen and oxygen atoms in total. The van der Waals surface area contributed by atoms with Crippen molar-refractivity contribution in [3.8, 4) is 0 Å². The molecule has 3 aromatic rings. The molecule has 0 saturated carbocycles. The number of aryl methyl sites for hydroxylation is 3. The molecule has 0 aromatic heterocycles. The third kappa shape index (κ3) is 7.50. The van der Waals surface area contributed by atoms with E-state index in [-0.39, 0.29) is 23.4 Å². The smallest absolute Gasteiger partial charge is 0.264 e. The molecule has 0 bridgehead atoms. The van der Waals surface area contributed by atoms with Crippen LogP contribution in [-0.2, 0) is 26.2 Å². The van der Waals surface area contributed by atoms with Crippen LogP contribution in [0.3, 0.4) is 0 Å². The Bertz CT molecular complexity index is 1410. The van der Waals surface area contributed by atoms with Crippen LogP contribution in [0.1, 0.15) is 55.9 Å². The fraction of sp³-hybridized carbons (Fsp3) is 0.375.